The van der Waals surface area contributed by atoms with Crippen molar-refractivity contribution in [3.8, 4) is 0 Å². The Morgan fingerprint density at radius 1 is 0.512 bits per heavy atom. The Hall–Kier alpha value is -1.34. The summed E-state index contributed by atoms with van der Waals surface area (Å²) in [5.74, 6) is -0.656. The Bertz CT molecular complexity index is 2260. The predicted octanol–water partition coefficient (Wildman–Crippen LogP) is -3.74. The molecule has 86 heavy (non-hydrogen) atoms. The molecule has 0 radical (unpaired) electrons. The molecule has 0 aromatic carbocycles. The van der Waals surface area contributed by atoms with E-state index in [2.05, 4.69) is 40.7 Å². The van der Waals surface area contributed by atoms with E-state index in [0.29, 0.717) is 38.5 Å². The molecular formula is C59H100O27. The Morgan fingerprint density at radius 3 is 1.59 bits per heavy atom. The van der Waals surface area contributed by atoms with Crippen molar-refractivity contribution in [2.75, 3.05) is 33.0 Å². The van der Waals surface area contributed by atoms with E-state index in [1.54, 1.807) is 0 Å². The smallest absolute Gasteiger partial charge is 0.187 e. The minimum Gasteiger partial charge on any atom is -0.394 e. The summed E-state index contributed by atoms with van der Waals surface area (Å²) in [4.78, 5) is 0. The molecule has 27 heteroatoms. The first-order valence-corrected chi connectivity index (χ1v) is 30.8. The summed E-state index contributed by atoms with van der Waals surface area (Å²) in [7, 11) is 0. The standard InChI is InChI=1S/C59H100O27/c1-24(2)10-9-14-59(8,86-52-47(76)42(71)40(69)31(82-52)23-78-50-46(75)41(70)37(66)28(19-60)79-50)25-11-16-58(7)35(25)26(63)18-33-56(5)15-13-34(55(3,4)32(56)12-17-57(33,58)6)83-53-48(43(72)38(67)29(20-61)80-53)85-54-49(44(73)39(68)30(21-62)81-54)84-51-45(74)36(65)27(64)22-77-51/h10,25-54,60-76H,9,11-23H2,1-8H3/t25-,26+,27+,28+,29+,30+,31+,32+,33+,34-,35-,36-,37+,38-,39+,40+,41-,42-,43+,44-,45+,46+,47+,48+,49+,50+,51-,52-,53-,54-,56-,57+,58+,59-/m0/s1. The molecule has 5 saturated heterocycles. The van der Waals surface area contributed by atoms with E-state index >= 15 is 0 Å². The molecule has 9 rings (SSSR count). The van der Waals surface area contributed by atoms with Crippen molar-refractivity contribution in [1.29, 1.82) is 0 Å². The van der Waals surface area contributed by atoms with E-state index in [9.17, 15) is 86.8 Å². The number of fused-ring (bicyclic) bond motifs is 5. The van der Waals surface area contributed by atoms with Gasteiger partial charge in [-0.2, -0.15) is 0 Å². The van der Waals surface area contributed by atoms with Crippen LogP contribution in [0.3, 0.4) is 0 Å². The third-order valence-corrected chi connectivity index (χ3v) is 22.6. The van der Waals surface area contributed by atoms with Crippen LogP contribution in [0.1, 0.15) is 113 Å². The van der Waals surface area contributed by atoms with Crippen molar-refractivity contribution in [3.63, 3.8) is 0 Å². The van der Waals surface area contributed by atoms with E-state index in [1.807, 2.05) is 20.8 Å². The van der Waals surface area contributed by atoms with E-state index in [4.69, 9.17) is 47.4 Å². The highest BCUT2D eigenvalue weighted by Gasteiger charge is 2.72. The van der Waals surface area contributed by atoms with Crippen LogP contribution < -0.4 is 0 Å². The first-order valence-electron chi connectivity index (χ1n) is 30.8. The lowest BCUT2D eigenvalue weighted by Gasteiger charge is -2.71. The van der Waals surface area contributed by atoms with Gasteiger partial charge in [-0.15, -0.1) is 0 Å². The Labute approximate surface area is 501 Å². The molecule has 0 aromatic heterocycles. The van der Waals surface area contributed by atoms with Crippen molar-refractivity contribution < 1.29 is 134 Å². The van der Waals surface area contributed by atoms with Crippen LogP contribution in [-0.2, 0) is 47.4 Å². The lowest BCUT2D eigenvalue weighted by Crippen LogP contribution is -2.68. The summed E-state index contributed by atoms with van der Waals surface area (Å²) in [5.41, 5.74) is -1.87. The van der Waals surface area contributed by atoms with Gasteiger partial charge in [-0.1, -0.05) is 46.3 Å². The minimum absolute atomic E-state index is 0.0122. The summed E-state index contributed by atoms with van der Waals surface area (Å²) in [6, 6.07) is 0. The highest BCUT2D eigenvalue weighted by atomic mass is 16.8. The Balaban J connectivity index is 0.933. The van der Waals surface area contributed by atoms with Gasteiger partial charge in [0, 0.05) is 0 Å². The number of allylic oxidation sites excluding steroid dienone is 2. The molecule has 4 aliphatic carbocycles. The lowest BCUT2D eigenvalue weighted by molar-refractivity contribution is -0.395. The molecule has 0 spiro atoms. The molecule has 4 saturated carbocycles. The third kappa shape index (κ3) is 12.3. The van der Waals surface area contributed by atoms with Crippen LogP contribution in [0.5, 0.6) is 0 Å². The fraction of sp³-hybridized carbons (Fsp3) is 0.966. The molecule has 17 N–H and O–H groups in total. The Kier molecular flexibility index (Phi) is 21.3. The van der Waals surface area contributed by atoms with Crippen LogP contribution in [0.4, 0.5) is 0 Å². The molecule has 9 aliphatic rings. The second kappa shape index (κ2) is 26.6. The second-order valence-corrected chi connectivity index (χ2v) is 28.1. The molecular weight excluding hydrogens is 1140 g/mol. The quantitative estimate of drug-likeness (QED) is 0.0463. The molecule has 9 fully saturated rings. The van der Waals surface area contributed by atoms with Crippen LogP contribution in [0, 0.1) is 45.3 Å². The first kappa shape index (κ1) is 69.0. The molecule has 0 unspecified atom stereocenters. The zero-order valence-electron chi connectivity index (χ0n) is 50.5. The van der Waals surface area contributed by atoms with Gasteiger partial charge >= 0.3 is 0 Å². The number of ether oxygens (including phenoxy) is 10. The van der Waals surface area contributed by atoms with Gasteiger partial charge < -0.3 is 134 Å². The summed E-state index contributed by atoms with van der Waals surface area (Å²) in [6.07, 6.45) is -33.5. The van der Waals surface area contributed by atoms with Gasteiger partial charge in [-0.05, 0) is 124 Å². The van der Waals surface area contributed by atoms with Crippen molar-refractivity contribution in [2.24, 2.45) is 45.3 Å². The molecule has 27 nitrogen and oxygen atoms in total. The third-order valence-electron chi connectivity index (χ3n) is 22.6. The SMILES string of the molecule is CC(C)=CCC[C@](C)(O[C@@H]1O[C@H](CO[C@@H]2O[C@H](CO)[C@@H](O)[C@H](O)[C@H]2O)[C@@H](O)[C@H](O)[C@H]1O)[C@H]1CC[C@]2(C)[C@@H]1[C@H](O)C[C@@H]1[C@@]3(C)CC[C@H](O[C@@H]4O[C@H](CO)[C@H](O)[C@@H](O)[C@H]4O[C@@H]4O[C@H](CO)[C@@H](O)[C@H](O)[C@H]4O[C@@H]4OC[C@@H](O)[C@H](O)[C@H]4O)C(C)(C)[C@H]3CC[C@]12C. The predicted molar refractivity (Wildman–Crippen MR) is 293 cm³/mol. The summed E-state index contributed by atoms with van der Waals surface area (Å²) >= 11 is 0. The zero-order chi connectivity index (χ0) is 63.1. The molecule has 0 bridgehead atoms. The van der Waals surface area contributed by atoms with Crippen LogP contribution in [0.15, 0.2) is 11.6 Å². The monoisotopic (exact) mass is 1240 g/mol. The summed E-state index contributed by atoms with van der Waals surface area (Å²) in [5, 5.41) is 185. The fourth-order valence-corrected chi connectivity index (χ4v) is 17.4. The maximum absolute atomic E-state index is 12.9. The van der Waals surface area contributed by atoms with Gasteiger partial charge in [0.25, 0.3) is 0 Å². The van der Waals surface area contributed by atoms with Gasteiger partial charge in [-0.25, -0.2) is 0 Å². The zero-order valence-corrected chi connectivity index (χ0v) is 50.5. The first-order chi connectivity index (χ1) is 40.3. The van der Waals surface area contributed by atoms with Crippen molar-refractivity contribution in [1.82, 2.24) is 0 Å². The highest BCUT2D eigenvalue weighted by Crippen LogP contribution is 2.76. The van der Waals surface area contributed by atoms with Crippen LogP contribution in [-0.4, -0.2) is 285 Å². The second-order valence-electron chi connectivity index (χ2n) is 28.1. The van der Waals surface area contributed by atoms with Crippen molar-refractivity contribution >= 4 is 0 Å². The Morgan fingerprint density at radius 2 is 1.01 bits per heavy atom. The van der Waals surface area contributed by atoms with Gasteiger partial charge in [-0.3, -0.25) is 0 Å². The van der Waals surface area contributed by atoms with Crippen molar-refractivity contribution in [3.05, 3.63) is 11.6 Å². The number of aliphatic hydroxyl groups excluding tert-OH is 17. The lowest BCUT2D eigenvalue weighted by atomic mass is 9.35. The molecule has 0 amide bonds. The van der Waals surface area contributed by atoms with Gasteiger partial charge in [0.1, 0.15) is 116 Å². The number of aliphatic hydroxyl groups is 17. The van der Waals surface area contributed by atoms with Crippen LogP contribution in [0.2, 0.25) is 0 Å². The van der Waals surface area contributed by atoms with E-state index in [-0.39, 0.29) is 34.5 Å². The van der Waals surface area contributed by atoms with Gasteiger partial charge in [0.15, 0.2) is 31.5 Å². The fourth-order valence-electron chi connectivity index (χ4n) is 17.4. The minimum atomic E-state index is -1.89. The molecule has 5 aliphatic heterocycles. The van der Waals surface area contributed by atoms with E-state index < -0.39 is 209 Å². The highest BCUT2D eigenvalue weighted by molar-refractivity contribution is 5.21. The molecule has 5 heterocycles. The average Bonchev–Trinajstić information content (AvgIpc) is 1.26. The van der Waals surface area contributed by atoms with Crippen molar-refractivity contribution in [2.45, 2.75) is 278 Å². The summed E-state index contributed by atoms with van der Waals surface area (Å²) in [6.45, 7) is 13.8. The molecule has 0 aromatic rings. The van der Waals surface area contributed by atoms with Gasteiger partial charge in [0.2, 0.25) is 0 Å². The number of hydrogen-bond acceptors (Lipinski definition) is 27. The number of hydrogen-bond donors (Lipinski definition) is 17. The maximum atomic E-state index is 12.9. The molecule has 34 atom stereocenters. The van der Waals surface area contributed by atoms with E-state index in [0.717, 1.165) is 24.8 Å². The average molecular weight is 1240 g/mol. The van der Waals surface area contributed by atoms with Crippen LogP contribution in [0.25, 0.3) is 0 Å². The number of rotatable bonds is 18. The topological polar surface area (TPSA) is 436 Å². The van der Waals surface area contributed by atoms with Crippen LogP contribution >= 0.6 is 0 Å². The normalized spacial score (nSPS) is 52.9. The van der Waals surface area contributed by atoms with E-state index in [1.165, 1.54) is 0 Å². The molecule has 498 valence electrons. The van der Waals surface area contributed by atoms with Gasteiger partial charge in [0.05, 0.1) is 50.8 Å². The maximum Gasteiger partial charge on any atom is 0.187 e. The largest absolute Gasteiger partial charge is 0.394 e. The summed E-state index contributed by atoms with van der Waals surface area (Å²) < 4.78 is 61.1.